The molecule has 1 amide bonds. The summed E-state index contributed by atoms with van der Waals surface area (Å²) in [6.07, 6.45) is 1.71. The standard InChI is InChI=1S/C13H13NO4S3/c1-9-2-4-10(5-3-9)8-11-12(15)14(13(19)20-11)6-7-21(16,17)18/h2-5,8H,6-7H2,1H3,(H,16,17,18)/b11-8-. The SMILES string of the molecule is Cc1ccc(/C=C2\SC(=S)N(CCS(=O)(=O)O)C2=O)cc1. The van der Waals surface area contributed by atoms with Crippen molar-refractivity contribution in [2.45, 2.75) is 6.92 Å². The van der Waals surface area contributed by atoms with E-state index < -0.39 is 15.9 Å². The Bertz CT molecular complexity index is 707. The van der Waals surface area contributed by atoms with Crippen LogP contribution in [0, 0.1) is 6.92 Å². The van der Waals surface area contributed by atoms with Crippen LogP contribution >= 0.6 is 24.0 Å². The van der Waals surface area contributed by atoms with Gasteiger partial charge < -0.3 is 0 Å². The molecule has 1 N–H and O–H groups in total. The Kier molecular flexibility index (Phi) is 4.82. The van der Waals surface area contributed by atoms with E-state index in [2.05, 4.69) is 0 Å². The van der Waals surface area contributed by atoms with Gasteiger partial charge in [0.2, 0.25) is 0 Å². The lowest BCUT2D eigenvalue weighted by Gasteiger charge is -2.12. The van der Waals surface area contributed by atoms with Gasteiger partial charge in [-0.3, -0.25) is 14.2 Å². The maximum absolute atomic E-state index is 12.2. The predicted molar refractivity (Wildman–Crippen MR) is 87.5 cm³/mol. The van der Waals surface area contributed by atoms with Crippen molar-refractivity contribution in [1.29, 1.82) is 0 Å². The van der Waals surface area contributed by atoms with Crippen LogP contribution in [-0.4, -0.2) is 40.4 Å². The average Bonchev–Trinajstić information content (AvgIpc) is 2.64. The summed E-state index contributed by atoms with van der Waals surface area (Å²) >= 11 is 6.19. The van der Waals surface area contributed by atoms with Crippen molar-refractivity contribution in [3.63, 3.8) is 0 Å². The van der Waals surface area contributed by atoms with Crippen LogP contribution in [0.1, 0.15) is 11.1 Å². The highest BCUT2D eigenvalue weighted by molar-refractivity contribution is 8.26. The number of aryl methyl sites for hydroxylation is 1. The molecular formula is C13H13NO4S3. The van der Waals surface area contributed by atoms with Gasteiger partial charge in [-0.1, -0.05) is 53.8 Å². The molecule has 21 heavy (non-hydrogen) atoms. The molecule has 8 heteroatoms. The molecule has 0 unspecified atom stereocenters. The van der Waals surface area contributed by atoms with Gasteiger partial charge in [0.1, 0.15) is 4.32 Å². The third kappa shape index (κ3) is 4.37. The predicted octanol–water partition coefficient (Wildman–Crippen LogP) is 2.08. The maximum atomic E-state index is 12.2. The number of thiocarbonyl (C=S) groups is 1. The quantitative estimate of drug-likeness (QED) is 0.513. The van der Waals surface area contributed by atoms with Crippen LogP contribution in [0.15, 0.2) is 29.2 Å². The van der Waals surface area contributed by atoms with Gasteiger partial charge in [-0.2, -0.15) is 8.42 Å². The van der Waals surface area contributed by atoms with E-state index in [-0.39, 0.29) is 12.5 Å². The van der Waals surface area contributed by atoms with Crippen LogP contribution in [0.2, 0.25) is 0 Å². The number of hydrogen-bond acceptors (Lipinski definition) is 5. The molecule has 0 saturated carbocycles. The number of benzene rings is 1. The highest BCUT2D eigenvalue weighted by Crippen LogP contribution is 2.32. The molecule has 1 aromatic carbocycles. The van der Waals surface area contributed by atoms with Gasteiger partial charge in [0, 0.05) is 6.54 Å². The van der Waals surface area contributed by atoms with Crippen molar-refractivity contribution in [1.82, 2.24) is 4.90 Å². The first-order valence-corrected chi connectivity index (χ1v) is 8.87. The minimum absolute atomic E-state index is 0.144. The molecule has 1 aliphatic heterocycles. The zero-order chi connectivity index (χ0) is 15.6. The molecule has 0 atom stereocenters. The Morgan fingerprint density at radius 1 is 1.33 bits per heavy atom. The third-order valence-electron chi connectivity index (χ3n) is 2.82. The van der Waals surface area contributed by atoms with Gasteiger partial charge in [-0.25, -0.2) is 0 Å². The molecule has 1 aliphatic rings. The number of amides is 1. The molecular weight excluding hydrogens is 330 g/mol. The first kappa shape index (κ1) is 16.2. The Hall–Kier alpha value is -1.22. The normalized spacial score (nSPS) is 17.8. The smallest absolute Gasteiger partial charge is 0.266 e. The Labute approximate surface area is 132 Å². The Morgan fingerprint density at radius 3 is 2.52 bits per heavy atom. The van der Waals surface area contributed by atoms with E-state index in [4.69, 9.17) is 16.8 Å². The number of hydrogen-bond donors (Lipinski definition) is 1. The fraction of sp³-hybridized carbons (Fsp3) is 0.231. The minimum atomic E-state index is -4.12. The van der Waals surface area contributed by atoms with Crippen molar-refractivity contribution in [2.75, 3.05) is 12.3 Å². The summed E-state index contributed by atoms with van der Waals surface area (Å²) in [5.41, 5.74) is 1.99. The molecule has 5 nitrogen and oxygen atoms in total. The van der Waals surface area contributed by atoms with Crippen molar-refractivity contribution >= 4 is 50.4 Å². The van der Waals surface area contributed by atoms with E-state index in [9.17, 15) is 13.2 Å². The van der Waals surface area contributed by atoms with Crippen LogP contribution in [0.3, 0.4) is 0 Å². The van der Waals surface area contributed by atoms with Gasteiger partial charge in [0.05, 0.1) is 10.7 Å². The van der Waals surface area contributed by atoms with Crippen LogP contribution in [0.25, 0.3) is 6.08 Å². The molecule has 1 saturated heterocycles. The average molecular weight is 343 g/mol. The van der Waals surface area contributed by atoms with E-state index in [1.165, 1.54) is 4.90 Å². The van der Waals surface area contributed by atoms with Gasteiger partial charge in [-0.15, -0.1) is 0 Å². The van der Waals surface area contributed by atoms with Crippen molar-refractivity contribution in [3.05, 3.63) is 40.3 Å². The molecule has 0 spiro atoms. The lowest BCUT2D eigenvalue weighted by molar-refractivity contribution is -0.121. The van der Waals surface area contributed by atoms with E-state index in [1.54, 1.807) is 6.08 Å². The zero-order valence-electron chi connectivity index (χ0n) is 11.1. The summed E-state index contributed by atoms with van der Waals surface area (Å²) in [4.78, 5) is 13.8. The molecule has 0 bridgehead atoms. The van der Waals surface area contributed by atoms with Crippen molar-refractivity contribution < 1.29 is 17.8 Å². The van der Waals surface area contributed by atoms with Crippen LogP contribution in [0.5, 0.6) is 0 Å². The summed E-state index contributed by atoms with van der Waals surface area (Å²) in [5, 5.41) is 0. The monoisotopic (exact) mass is 343 g/mol. The van der Waals surface area contributed by atoms with Gasteiger partial charge in [-0.05, 0) is 18.6 Å². The molecule has 1 heterocycles. The summed E-state index contributed by atoms with van der Waals surface area (Å²) < 4.78 is 30.6. The lowest BCUT2D eigenvalue weighted by atomic mass is 10.1. The summed E-state index contributed by atoms with van der Waals surface area (Å²) in [6.45, 7) is 1.83. The second kappa shape index (κ2) is 6.27. The Morgan fingerprint density at radius 2 is 1.95 bits per heavy atom. The molecule has 0 aromatic heterocycles. The summed E-state index contributed by atoms with van der Waals surface area (Å²) in [7, 11) is -4.12. The molecule has 0 aliphatic carbocycles. The first-order valence-electron chi connectivity index (χ1n) is 6.03. The number of carbonyl (C=O) groups is 1. The number of carbonyl (C=O) groups excluding carboxylic acids is 1. The second-order valence-corrected chi connectivity index (χ2v) is 7.78. The van der Waals surface area contributed by atoms with Crippen LogP contribution < -0.4 is 0 Å². The van der Waals surface area contributed by atoms with Crippen molar-refractivity contribution in [3.8, 4) is 0 Å². The van der Waals surface area contributed by atoms with Gasteiger partial charge in [0.25, 0.3) is 16.0 Å². The van der Waals surface area contributed by atoms with Gasteiger partial charge in [0.15, 0.2) is 0 Å². The third-order valence-corrected chi connectivity index (χ3v) is 4.90. The highest BCUT2D eigenvalue weighted by atomic mass is 32.2. The van der Waals surface area contributed by atoms with Crippen molar-refractivity contribution in [2.24, 2.45) is 0 Å². The molecule has 1 fully saturated rings. The molecule has 2 rings (SSSR count). The Balaban J connectivity index is 2.15. The first-order chi connectivity index (χ1) is 9.76. The van der Waals surface area contributed by atoms with E-state index in [0.29, 0.717) is 9.23 Å². The number of thioether (sulfide) groups is 1. The van der Waals surface area contributed by atoms with Crippen LogP contribution in [-0.2, 0) is 14.9 Å². The fourth-order valence-electron chi connectivity index (χ4n) is 1.71. The number of nitrogens with zero attached hydrogens (tertiary/aromatic N) is 1. The molecule has 0 radical (unpaired) electrons. The fourth-order valence-corrected chi connectivity index (χ4v) is 3.44. The molecule has 112 valence electrons. The van der Waals surface area contributed by atoms with E-state index in [1.807, 2.05) is 31.2 Å². The summed E-state index contributed by atoms with van der Waals surface area (Å²) in [6, 6.07) is 7.65. The van der Waals surface area contributed by atoms with Crippen LogP contribution in [0.4, 0.5) is 0 Å². The topological polar surface area (TPSA) is 74.7 Å². The minimum Gasteiger partial charge on any atom is -0.292 e. The highest BCUT2D eigenvalue weighted by Gasteiger charge is 2.32. The largest absolute Gasteiger partial charge is 0.292 e. The lowest BCUT2D eigenvalue weighted by Crippen LogP contribution is -2.32. The number of rotatable bonds is 4. The maximum Gasteiger partial charge on any atom is 0.266 e. The van der Waals surface area contributed by atoms with E-state index >= 15 is 0 Å². The second-order valence-electron chi connectivity index (χ2n) is 4.53. The molecule has 1 aromatic rings. The summed E-state index contributed by atoms with van der Waals surface area (Å²) in [5.74, 6) is -0.869. The van der Waals surface area contributed by atoms with E-state index in [0.717, 1.165) is 22.9 Å². The van der Waals surface area contributed by atoms with Gasteiger partial charge >= 0.3 is 0 Å². The zero-order valence-corrected chi connectivity index (χ0v) is 13.6.